The molecule has 0 spiro atoms. The van der Waals surface area contributed by atoms with Gasteiger partial charge in [-0.25, -0.2) is 9.18 Å². The largest absolute Gasteiger partial charge is 0.465 e. The highest BCUT2D eigenvalue weighted by Gasteiger charge is 2.39. The number of hydrogen-bond acceptors (Lipinski definition) is 2. The fourth-order valence-corrected chi connectivity index (χ4v) is 2.65. The first-order chi connectivity index (χ1) is 8.13. The van der Waals surface area contributed by atoms with Crippen molar-refractivity contribution in [3.05, 3.63) is 0 Å². The van der Waals surface area contributed by atoms with E-state index in [0.717, 1.165) is 17.9 Å². The Bertz CT molecular complexity index is 284. The predicted molar refractivity (Wildman–Crippen MR) is 62.7 cm³/mol. The quantitative estimate of drug-likeness (QED) is 0.755. The van der Waals surface area contributed by atoms with E-state index in [1.807, 2.05) is 6.92 Å². The van der Waals surface area contributed by atoms with Crippen LogP contribution in [0.2, 0.25) is 0 Å². The number of carbonyl (C=O) groups is 1. The molecule has 2 atom stereocenters. The zero-order valence-corrected chi connectivity index (χ0v) is 10.3. The van der Waals surface area contributed by atoms with Crippen molar-refractivity contribution in [2.75, 3.05) is 13.1 Å². The summed E-state index contributed by atoms with van der Waals surface area (Å²) in [6.45, 7) is 3.50. The van der Waals surface area contributed by atoms with E-state index in [1.165, 1.54) is 12.8 Å². The molecular weight excluding hydrogens is 223 g/mol. The van der Waals surface area contributed by atoms with Gasteiger partial charge in [0.15, 0.2) is 6.30 Å². The van der Waals surface area contributed by atoms with Crippen LogP contribution in [-0.4, -0.2) is 52.5 Å². The van der Waals surface area contributed by atoms with Crippen molar-refractivity contribution in [2.24, 2.45) is 0 Å². The van der Waals surface area contributed by atoms with Gasteiger partial charge in [-0.2, -0.15) is 0 Å². The summed E-state index contributed by atoms with van der Waals surface area (Å²) in [6.07, 6.45) is 1.71. The maximum Gasteiger partial charge on any atom is 0.409 e. The van der Waals surface area contributed by atoms with E-state index in [2.05, 4.69) is 4.90 Å². The van der Waals surface area contributed by atoms with E-state index in [0.29, 0.717) is 25.4 Å². The summed E-state index contributed by atoms with van der Waals surface area (Å²) in [5, 5.41) is 9.14. The average Bonchev–Trinajstić information content (AvgIpc) is 3.00. The Hall–Kier alpha value is -0.840. The van der Waals surface area contributed by atoms with Crippen LogP contribution in [0.15, 0.2) is 0 Å². The molecule has 0 aromatic carbocycles. The van der Waals surface area contributed by atoms with Crippen LogP contribution in [-0.2, 0) is 0 Å². The maximum absolute atomic E-state index is 13.8. The molecule has 4 nitrogen and oxygen atoms in total. The molecule has 0 bridgehead atoms. The minimum Gasteiger partial charge on any atom is -0.465 e. The van der Waals surface area contributed by atoms with Gasteiger partial charge in [0.2, 0.25) is 0 Å². The van der Waals surface area contributed by atoms with Gasteiger partial charge >= 0.3 is 6.09 Å². The number of alkyl halides is 1. The third-order valence-electron chi connectivity index (χ3n) is 3.70. The van der Waals surface area contributed by atoms with E-state index in [4.69, 9.17) is 5.11 Å². The van der Waals surface area contributed by atoms with E-state index in [9.17, 15) is 9.18 Å². The van der Waals surface area contributed by atoms with Crippen molar-refractivity contribution < 1.29 is 14.3 Å². The molecule has 2 rings (SSSR count). The maximum atomic E-state index is 13.8. The van der Waals surface area contributed by atoms with Gasteiger partial charge in [0.1, 0.15) is 0 Å². The number of nitrogens with zero attached hydrogens (tertiary/aromatic N) is 2. The Balaban J connectivity index is 1.94. The summed E-state index contributed by atoms with van der Waals surface area (Å²) >= 11 is 0. The molecule has 2 fully saturated rings. The van der Waals surface area contributed by atoms with Crippen LogP contribution >= 0.6 is 0 Å². The van der Waals surface area contributed by atoms with E-state index >= 15 is 0 Å². The Morgan fingerprint density at radius 1 is 1.53 bits per heavy atom. The summed E-state index contributed by atoms with van der Waals surface area (Å²) < 4.78 is 13.8. The van der Waals surface area contributed by atoms with Crippen molar-refractivity contribution in [1.29, 1.82) is 0 Å². The minimum absolute atomic E-state index is 0.158. The standard InChI is InChI=1S/C12H21FN2O2/c1-2-3-11(13)15(12(16)17)10-6-7-14(8-10)9-4-5-9/h9-11H,2-8H2,1H3,(H,16,17). The summed E-state index contributed by atoms with van der Waals surface area (Å²) in [5.74, 6) is 0. The smallest absolute Gasteiger partial charge is 0.409 e. The summed E-state index contributed by atoms with van der Waals surface area (Å²) in [4.78, 5) is 14.5. The zero-order chi connectivity index (χ0) is 12.4. The fraction of sp³-hybridized carbons (Fsp3) is 0.917. The minimum atomic E-state index is -1.35. The normalized spacial score (nSPS) is 27.1. The Morgan fingerprint density at radius 3 is 2.76 bits per heavy atom. The lowest BCUT2D eigenvalue weighted by Crippen LogP contribution is -2.46. The summed E-state index contributed by atoms with van der Waals surface area (Å²) in [5.41, 5.74) is 0. The lowest BCUT2D eigenvalue weighted by atomic mass is 10.2. The molecule has 1 saturated carbocycles. The van der Waals surface area contributed by atoms with Crippen LogP contribution < -0.4 is 0 Å². The molecule has 1 aliphatic carbocycles. The van der Waals surface area contributed by atoms with Gasteiger partial charge in [-0.3, -0.25) is 9.80 Å². The monoisotopic (exact) mass is 244 g/mol. The molecule has 1 N–H and O–H groups in total. The lowest BCUT2D eigenvalue weighted by Gasteiger charge is -2.29. The van der Waals surface area contributed by atoms with Gasteiger partial charge in [0.25, 0.3) is 0 Å². The Labute approximate surface area is 101 Å². The van der Waals surface area contributed by atoms with Gasteiger partial charge in [-0.15, -0.1) is 0 Å². The van der Waals surface area contributed by atoms with Gasteiger partial charge in [0.05, 0.1) is 6.04 Å². The first-order valence-electron chi connectivity index (χ1n) is 6.52. The number of hydrogen-bond donors (Lipinski definition) is 1. The van der Waals surface area contributed by atoms with E-state index < -0.39 is 12.4 Å². The molecule has 1 amide bonds. The second-order valence-corrected chi connectivity index (χ2v) is 5.08. The number of carboxylic acid groups (broad SMARTS) is 1. The molecule has 98 valence electrons. The molecule has 1 saturated heterocycles. The molecule has 2 unspecified atom stereocenters. The molecule has 0 aromatic heterocycles. The molecular formula is C12H21FN2O2. The van der Waals surface area contributed by atoms with Gasteiger partial charge in [-0.1, -0.05) is 13.3 Å². The molecule has 1 aliphatic heterocycles. The van der Waals surface area contributed by atoms with Crippen molar-refractivity contribution in [1.82, 2.24) is 9.80 Å². The van der Waals surface area contributed by atoms with Crippen LogP contribution in [0, 0.1) is 0 Å². The zero-order valence-electron chi connectivity index (χ0n) is 10.3. The molecule has 0 aromatic rings. The average molecular weight is 244 g/mol. The van der Waals surface area contributed by atoms with Gasteiger partial charge < -0.3 is 5.11 Å². The third-order valence-corrected chi connectivity index (χ3v) is 3.70. The van der Waals surface area contributed by atoms with Crippen molar-refractivity contribution >= 4 is 6.09 Å². The number of halogens is 1. The van der Waals surface area contributed by atoms with E-state index in [1.54, 1.807) is 0 Å². The second kappa shape index (κ2) is 5.21. The molecule has 17 heavy (non-hydrogen) atoms. The van der Waals surface area contributed by atoms with Crippen molar-refractivity contribution in [3.8, 4) is 0 Å². The molecule has 2 aliphatic rings. The van der Waals surface area contributed by atoms with Crippen molar-refractivity contribution in [3.63, 3.8) is 0 Å². The first kappa shape index (κ1) is 12.6. The van der Waals surface area contributed by atoms with Gasteiger partial charge in [0, 0.05) is 19.1 Å². The number of likely N-dealkylation sites (tertiary alicyclic amines) is 1. The topological polar surface area (TPSA) is 43.8 Å². The van der Waals surface area contributed by atoms with Crippen LogP contribution in [0.5, 0.6) is 0 Å². The molecule has 1 heterocycles. The second-order valence-electron chi connectivity index (χ2n) is 5.08. The molecule has 0 radical (unpaired) electrons. The summed E-state index contributed by atoms with van der Waals surface area (Å²) in [6, 6.07) is 0.481. The third kappa shape index (κ3) is 2.89. The summed E-state index contributed by atoms with van der Waals surface area (Å²) in [7, 11) is 0. The van der Waals surface area contributed by atoms with Crippen LogP contribution in [0.25, 0.3) is 0 Å². The number of amides is 1. The predicted octanol–water partition coefficient (Wildman–Crippen LogP) is 2.30. The molecule has 5 heteroatoms. The van der Waals surface area contributed by atoms with Gasteiger partial charge in [-0.05, 0) is 25.7 Å². The Morgan fingerprint density at radius 2 is 2.24 bits per heavy atom. The number of rotatable bonds is 5. The van der Waals surface area contributed by atoms with Crippen LogP contribution in [0.1, 0.15) is 39.0 Å². The highest BCUT2D eigenvalue weighted by Crippen LogP contribution is 2.32. The Kier molecular flexibility index (Phi) is 3.86. The highest BCUT2D eigenvalue weighted by molar-refractivity contribution is 5.65. The SMILES string of the molecule is CCCC(F)N(C(=O)O)C1CCN(C2CC2)C1. The van der Waals surface area contributed by atoms with Crippen molar-refractivity contribution in [2.45, 2.75) is 57.4 Å². The van der Waals surface area contributed by atoms with E-state index in [-0.39, 0.29) is 6.04 Å². The first-order valence-corrected chi connectivity index (χ1v) is 6.52. The highest BCUT2D eigenvalue weighted by atomic mass is 19.1. The van der Waals surface area contributed by atoms with Crippen LogP contribution in [0.3, 0.4) is 0 Å². The fourth-order valence-electron chi connectivity index (χ4n) is 2.65. The van der Waals surface area contributed by atoms with Crippen LogP contribution in [0.4, 0.5) is 9.18 Å². The lowest BCUT2D eigenvalue weighted by molar-refractivity contribution is 0.0398.